The Morgan fingerprint density at radius 1 is 0.426 bits per heavy atom. The second kappa shape index (κ2) is 10.6. The van der Waals surface area contributed by atoms with Crippen molar-refractivity contribution in [3.63, 3.8) is 0 Å². The third-order valence-corrected chi connectivity index (χ3v) is 9.71. The number of nitrogens with zero attached hydrogens (tertiary/aromatic N) is 3. The van der Waals surface area contributed by atoms with Crippen molar-refractivity contribution in [1.29, 1.82) is 0 Å². The van der Waals surface area contributed by atoms with E-state index in [1.807, 2.05) is 42.6 Å². The third-order valence-electron chi connectivity index (χ3n) is 9.71. The lowest BCUT2D eigenvalue weighted by atomic mass is 9.81. The van der Waals surface area contributed by atoms with E-state index in [0.29, 0.717) is 5.82 Å². The number of fused-ring (bicyclic) bond motifs is 6. The highest BCUT2D eigenvalue weighted by Crippen LogP contribution is 2.50. The van der Waals surface area contributed by atoms with Crippen LogP contribution in [-0.4, -0.2) is 15.0 Å². The van der Waals surface area contributed by atoms with E-state index in [-0.39, 0.29) is 5.41 Å². The highest BCUT2D eigenvalue weighted by Gasteiger charge is 2.35. The Morgan fingerprint density at radius 2 is 1.09 bits per heavy atom. The van der Waals surface area contributed by atoms with Crippen LogP contribution in [0.3, 0.4) is 0 Å². The van der Waals surface area contributed by atoms with Gasteiger partial charge in [0.05, 0.1) is 17.1 Å². The highest BCUT2D eigenvalue weighted by molar-refractivity contribution is 6.10. The lowest BCUT2D eigenvalue weighted by Gasteiger charge is -2.22. The maximum absolute atomic E-state index is 5.15. The smallest absolute Gasteiger partial charge is 0.160 e. The molecule has 0 bridgehead atoms. The van der Waals surface area contributed by atoms with Crippen LogP contribution in [0.5, 0.6) is 0 Å². The Labute approximate surface area is 274 Å². The van der Waals surface area contributed by atoms with Gasteiger partial charge in [-0.05, 0) is 86.3 Å². The molecule has 222 valence electrons. The Balaban J connectivity index is 1.23. The molecule has 2 heterocycles. The van der Waals surface area contributed by atoms with Crippen LogP contribution in [0.25, 0.3) is 77.8 Å². The van der Waals surface area contributed by atoms with Crippen molar-refractivity contribution in [1.82, 2.24) is 15.0 Å². The van der Waals surface area contributed by atoms with E-state index in [1.165, 1.54) is 43.8 Å². The van der Waals surface area contributed by atoms with E-state index < -0.39 is 0 Å². The van der Waals surface area contributed by atoms with Gasteiger partial charge < -0.3 is 0 Å². The normalized spacial score (nSPS) is 13.1. The molecule has 0 saturated heterocycles. The molecule has 8 aromatic rings. The fraction of sp³-hybridized carbons (Fsp3) is 0.0682. The van der Waals surface area contributed by atoms with Crippen molar-refractivity contribution in [2.24, 2.45) is 0 Å². The summed E-state index contributed by atoms with van der Waals surface area (Å²) in [5, 5.41) is 4.97. The number of hydrogen-bond acceptors (Lipinski definition) is 3. The molecular formula is C44H31N3. The molecule has 2 aromatic heterocycles. The topological polar surface area (TPSA) is 38.7 Å². The van der Waals surface area contributed by atoms with Crippen molar-refractivity contribution >= 4 is 21.5 Å². The first kappa shape index (κ1) is 27.4. The fourth-order valence-electron chi connectivity index (χ4n) is 7.24. The minimum atomic E-state index is -0.0597. The summed E-state index contributed by atoms with van der Waals surface area (Å²) in [6, 6.07) is 51.7. The molecule has 0 aliphatic heterocycles. The van der Waals surface area contributed by atoms with Gasteiger partial charge in [0.15, 0.2) is 5.82 Å². The van der Waals surface area contributed by atoms with E-state index in [0.717, 1.165) is 39.3 Å². The molecule has 0 radical (unpaired) electrons. The Kier molecular flexibility index (Phi) is 6.16. The zero-order chi connectivity index (χ0) is 31.5. The molecule has 0 N–H and O–H groups in total. The number of hydrogen-bond donors (Lipinski definition) is 0. The van der Waals surface area contributed by atoms with Crippen molar-refractivity contribution in [3.05, 3.63) is 163 Å². The largest absolute Gasteiger partial charge is 0.256 e. The average molecular weight is 602 g/mol. The highest BCUT2D eigenvalue weighted by atomic mass is 14.9. The molecule has 9 rings (SSSR count). The quantitative estimate of drug-likeness (QED) is 0.188. The summed E-state index contributed by atoms with van der Waals surface area (Å²) in [5.41, 5.74) is 12.2. The number of rotatable bonds is 4. The molecule has 0 amide bonds. The van der Waals surface area contributed by atoms with Gasteiger partial charge >= 0.3 is 0 Å². The minimum absolute atomic E-state index is 0.0597. The summed E-state index contributed by atoms with van der Waals surface area (Å²) in [6.45, 7) is 4.69. The van der Waals surface area contributed by atoms with Crippen LogP contribution in [-0.2, 0) is 5.41 Å². The van der Waals surface area contributed by atoms with Crippen molar-refractivity contribution in [2.45, 2.75) is 19.3 Å². The zero-order valence-corrected chi connectivity index (χ0v) is 26.3. The summed E-state index contributed by atoms with van der Waals surface area (Å²) in [6.07, 6.45) is 1.83. The molecule has 6 aromatic carbocycles. The molecule has 0 atom stereocenters. The van der Waals surface area contributed by atoms with Gasteiger partial charge in [-0.15, -0.1) is 0 Å². The van der Waals surface area contributed by atoms with Crippen LogP contribution in [0.4, 0.5) is 0 Å². The second-order valence-electron chi connectivity index (χ2n) is 12.9. The molecule has 0 spiro atoms. The fourth-order valence-corrected chi connectivity index (χ4v) is 7.24. The first-order chi connectivity index (χ1) is 23.0. The molecule has 0 saturated carbocycles. The predicted octanol–water partition coefficient (Wildman–Crippen LogP) is 11.2. The van der Waals surface area contributed by atoms with Crippen molar-refractivity contribution in [2.75, 3.05) is 0 Å². The maximum atomic E-state index is 5.15. The monoisotopic (exact) mass is 601 g/mol. The van der Waals surface area contributed by atoms with Gasteiger partial charge in [-0.1, -0.05) is 117 Å². The van der Waals surface area contributed by atoms with Gasteiger partial charge in [-0.25, -0.2) is 9.97 Å². The second-order valence-corrected chi connectivity index (χ2v) is 12.9. The average Bonchev–Trinajstić information content (AvgIpc) is 3.36. The molecule has 1 aliphatic rings. The van der Waals surface area contributed by atoms with E-state index in [1.54, 1.807) is 0 Å². The van der Waals surface area contributed by atoms with Gasteiger partial charge in [0.2, 0.25) is 0 Å². The van der Waals surface area contributed by atoms with Crippen LogP contribution >= 0.6 is 0 Å². The van der Waals surface area contributed by atoms with E-state index >= 15 is 0 Å². The first-order valence-electron chi connectivity index (χ1n) is 16.1. The standard InChI is InChI=1S/C44H31N3/c1-44(2)38-16-7-6-15-34(38)37-24-30-20-18-28-19-21-33(25-35(28)36(30)26-39(37)44)42-27-41(46-43(47-42)29-11-4-3-5-12-29)32-14-10-13-31(23-32)40-17-8-9-22-45-40/h3-27H,1-2H3. The third kappa shape index (κ3) is 4.54. The van der Waals surface area contributed by atoms with Crippen LogP contribution in [0.2, 0.25) is 0 Å². The summed E-state index contributed by atoms with van der Waals surface area (Å²) in [5.74, 6) is 0.705. The Bertz CT molecular complexity index is 2480. The van der Waals surface area contributed by atoms with Gasteiger partial charge in [0.25, 0.3) is 0 Å². The lowest BCUT2D eigenvalue weighted by molar-refractivity contribution is 0.661. The Hall–Kier alpha value is -5.93. The summed E-state index contributed by atoms with van der Waals surface area (Å²) in [4.78, 5) is 14.8. The predicted molar refractivity (Wildman–Crippen MR) is 194 cm³/mol. The summed E-state index contributed by atoms with van der Waals surface area (Å²) >= 11 is 0. The minimum Gasteiger partial charge on any atom is -0.256 e. The van der Waals surface area contributed by atoms with Gasteiger partial charge in [-0.2, -0.15) is 0 Å². The van der Waals surface area contributed by atoms with Crippen LogP contribution in [0, 0.1) is 0 Å². The molecule has 1 aliphatic carbocycles. The maximum Gasteiger partial charge on any atom is 0.160 e. The molecule has 0 fully saturated rings. The van der Waals surface area contributed by atoms with Crippen molar-refractivity contribution in [3.8, 4) is 56.3 Å². The van der Waals surface area contributed by atoms with Crippen LogP contribution < -0.4 is 0 Å². The first-order valence-corrected chi connectivity index (χ1v) is 16.1. The van der Waals surface area contributed by atoms with E-state index in [2.05, 4.69) is 128 Å². The lowest BCUT2D eigenvalue weighted by Crippen LogP contribution is -2.14. The molecule has 3 nitrogen and oxygen atoms in total. The molecule has 0 unspecified atom stereocenters. The SMILES string of the molecule is CC1(C)c2ccccc2-c2cc3ccc4ccc(-c5cc(-c6cccc(-c7ccccn7)c6)nc(-c6ccccc6)n5)cc4c3cc21. The van der Waals surface area contributed by atoms with Gasteiger partial charge in [-0.3, -0.25) is 4.98 Å². The van der Waals surface area contributed by atoms with Crippen LogP contribution in [0.15, 0.2) is 152 Å². The van der Waals surface area contributed by atoms with Gasteiger partial charge in [0, 0.05) is 33.9 Å². The zero-order valence-electron chi connectivity index (χ0n) is 26.3. The number of aromatic nitrogens is 3. The van der Waals surface area contributed by atoms with Crippen molar-refractivity contribution < 1.29 is 0 Å². The number of pyridine rings is 1. The summed E-state index contributed by atoms with van der Waals surface area (Å²) < 4.78 is 0. The molecule has 47 heavy (non-hydrogen) atoms. The number of benzene rings is 6. The van der Waals surface area contributed by atoms with E-state index in [9.17, 15) is 0 Å². The summed E-state index contributed by atoms with van der Waals surface area (Å²) in [7, 11) is 0. The Morgan fingerprint density at radius 3 is 1.89 bits per heavy atom. The van der Waals surface area contributed by atoms with Crippen LogP contribution in [0.1, 0.15) is 25.0 Å². The van der Waals surface area contributed by atoms with Gasteiger partial charge in [0.1, 0.15) is 0 Å². The van der Waals surface area contributed by atoms with E-state index in [4.69, 9.17) is 9.97 Å². The molecule has 3 heteroatoms. The molecular weight excluding hydrogens is 571 g/mol.